The lowest BCUT2D eigenvalue weighted by molar-refractivity contribution is 0.102. The first-order valence-electron chi connectivity index (χ1n) is 6.19. The van der Waals surface area contributed by atoms with Crippen LogP contribution in [0, 0.1) is 12.8 Å². The lowest BCUT2D eigenvalue weighted by Crippen LogP contribution is -2.15. The minimum atomic E-state index is -0.290. The molecule has 2 N–H and O–H groups in total. The summed E-state index contributed by atoms with van der Waals surface area (Å²) < 4.78 is 1.52. The summed E-state index contributed by atoms with van der Waals surface area (Å²) in [5, 5.41) is 13.6. The van der Waals surface area contributed by atoms with Gasteiger partial charge in [0, 0.05) is 12.7 Å². The predicted molar refractivity (Wildman–Crippen MR) is 70.8 cm³/mol. The maximum atomic E-state index is 12.0. The van der Waals surface area contributed by atoms with Gasteiger partial charge in [-0.3, -0.25) is 15.2 Å². The van der Waals surface area contributed by atoms with Crippen molar-refractivity contribution in [2.45, 2.75) is 27.2 Å². The maximum Gasteiger partial charge on any atom is 0.278 e. The van der Waals surface area contributed by atoms with Crippen LogP contribution in [0.2, 0.25) is 0 Å². The largest absolute Gasteiger partial charge is 0.289 e. The molecule has 0 aliphatic carbocycles. The molecule has 0 saturated carbocycles. The smallest absolute Gasteiger partial charge is 0.278 e. The van der Waals surface area contributed by atoms with E-state index in [0.29, 0.717) is 23.4 Å². The van der Waals surface area contributed by atoms with Crippen LogP contribution >= 0.6 is 0 Å². The fraction of sp³-hybridized carbons (Fsp3) is 0.500. The summed E-state index contributed by atoms with van der Waals surface area (Å²) >= 11 is 0. The summed E-state index contributed by atoms with van der Waals surface area (Å²) in [6, 6.07) is 1.76. The number of aromatic amines is 1. The molecule has 102 valence electrons. The van der Waals surface area contributed by atoms with E-state index in [1.165, 1.54) is 4.68 Å². The molecule has 0 atom stereocenters. The molecular formula is C12H18N6O. The molecule has 0 unspecified atom stereocenters. The molecule has 0 aliphatic rings. The standard InChI is InChI=1S/C12H18N6O/c1-7(2)5-9-6-10(16-15-9)11(19)14-12-13-8(3)17-18(12)4/h6-7H,5H2,1-4H3,(H,15,16)(H,13,14,17,19). The first-order valence-corrected chi connectivity index (χ1v) is 6.19. The number of amides is 1. The van der Waals surface area contributed by atoms with Gasteiger partial charge in [0.1, 0.15) is 5.82 Å². The molecule has 1 amide bonds. The van der Waals surface area contributed by atoms with Crippen LogP contribution in [0.1, 0.15) is 35.9 Å². The molecule has 7 heteroatoms. The van der Waals surface area contributed by atoms with E-state index < -0.39 is 0 Å². The molecule has 2 aromatic heterocycles. The van der Waals surface area contributed by atoms with Crippen LogP contribution in [-0.2, 0) is 13.5 Å². The summed E-state index contributed by atoms with van der Waals surface area (Å²) in [6.45, 7) is 6.00. The number of rotatable bonds is 4. The molecule has 2 heterocycles. The number of H-pyrrole nitrogens is 1. The van der Waals surface area contributed by atoms with Gasteiger partial charge >= 0.3 is 0 Å². The lowest BCUT2D eigenvalue weighted by Gasteiger charge is -2.00. The van der Waals surface area contributed by atoms with Crippen LogP contribution in [0.4, 0.5) is 5.95 Å². The van der Waals surface area contributed by atoms with Gasteiger partial charge in [0.05, 0.1) is 0 Å². The number of hydrogen-bond donors (Lipinski definition) is 2. The second kappa shape index (κ2) is 5.21. The second-order valence-corrected chi connectivity index (χ2v) is 4.94. The van der Waals surface area contributed by atoms with Gasteiger partial charge in [-0.2, -0.15) is 15.2 Å². The number of aromatic nitrogens is 5. The average Bonchev–Trinajstić information content (AvgIpc) is 2.86. The zero-order valence-corrected chi connectivity index (χ0v) is 11.6. The van der Waals surface area contributed by atoms with Crippen molar-refractivity contribution < 1.29 is 4.79 Å². The van der Waals surface area contributed by atoms with Crippen LogP contribution < -0.4 is 5.32 Å². The first kappa shape index (κ1) is 13.3. The van der Waals surface area contributed by atoms with Crippen molar-refractivity contribution in [1.82, 2.24) is 25.0 Å². The first-order chi connectivity index (χ1) is 8.95. The predicted octanol–water partition coefficient (Wildman–Crippen LogP) is 1.30. The molecular weight excluding hydrogens is 244 g/mol. The number of aryl methyl sites for hydroxylation is 2. The molecule has 0 saturated heterocycles. The molecule has 2 aromatic rings. The molecule has 0 aromatic carbocycles. The molecule has 0 fully saturated rings. The topological polar surface area (TPSA) is 88.5 Å². The Morgan fingerprint density at radius 1 is 1.53 bits per heavy atom. The van der Waals surface area contributed by atoms with Crippen LogP contribution in [0.25, 0.3) is 0 Å². The van der Waals surface area contributed by atoms with Crippen molar-refractivity contribution >= 4 is 11.9 Å². The molecule has 0 aliphatic heterocycles. The fourth-order valence-corrected chi connectivity index (χ4v) is 1.81. The molecule has 2 rings (SSSR count). The third kappa shape index (κ3) is 3.18. The zero-order chi connectivity index (χ0) is 14.0. The summed E-state index contributed by atoms with van der Waals surface area (Å²) in [5.41, 5.74) is 1.31. The monoisotopic (exact) mass is 262 g/mol. The zero-order valence-electron chi connectivity index (χ0n) is 11.6. The van der Waals surface area contributed by atoms with Gasteiger partial charge in [0.25, 0.3) is 5.91 Å². The third-order valence-electron chi connectivity index (χ3n) is 2.59. The normalized spacial score (nSPS) is 11.0. The van der Waals surface area contributed by atoms with E-state index in [4.69, 9.17) is 0 Å². The van der Waals surface area contributed by atoms with E-state index in [2.05, 4.69) is 39.4 Å². The number of carbonyl (C=O) groups is 1. The van der Waals surface area contributed by atoms with Gasteiger partial charge in [0.15, 0.2) is 5.69 Å². The lowest BCUT2D eigenvalue weighted by atomic mass is 10.1. The van der Waals surface area contributed by atoms with Crippen LogP contribution in [0.5, 0.6) is 0 Å². The third-order valence-corrected chi connectivity index (χ3v) is 2.59. The Hall–Kier alpha value is -2.18. The summed E-state index contributed by atoms with van der Waals surface area (Å²) in [7, 11) is 1.73. The highest BCUT2D eigenvalue weighted by Gasteiger charge is 2.14. The van der Waals surface area contributed by atoms with Crippen LogP contribution in [0.3, 0.4) is 0 Å². The number of carbonyl (C=O) groups excluding carboxylic acids is 1. The van der Waals surface area contributed by atoms with Crippen molar-refractivity contribution in [3.63, 3.8) is 0 Å². The Kier molecular flexibility index (Phi) is 3.64. The number of nitrogens with one attached hydrogen (secondary N) is 2. The van der Waals surface area contributed by atoms with E-state index in [1.54, 1.807) is 20.0 Å². The van der Waals surface area contributed by atoms with Crippen molar-refractivity contribution in [1.29, 1.82) is 0 Å². The summed E-state index contributed by atoms with van der Waals surface area (Å²) in [4.78, 5) is 16.1. The Morgan fingerprint density at radius 3 is 2.84 bits per heavy atom. The van der Waals surface area contributed by atoms with Crippen molar-refractivity contribution in [3.8, 4) is 0 Å². The Morgan fingerprint density at radius 2 is 2.26 bits per heavy atom. The maximum absolute atomic E-state index is 12.0. The van der Waals surface area contributed by atoms with E-state index in [0.717, 1.165) is 12.1 Å². The van der Waals surface area contributed by atoms with Gasteiger partial charge in [-0.25, -0.2) is 4.68 Å². The van der Waals surface area contributed by atoms with Gasteiger partial charge < -0.3 is 0 Å². The van der Waals surface area contributed by atoms with E-state index in [9.17, 15) is 4.79 Å². The molecule has 0 radical (unpaired) electrons. The van der Waals surface area contributed by atoms with Crippen molar-refractivity contribution in [3.05, 3.63) is 23.3 Å². The van der Waals surface area contributed by atoms with Gasteiger partial charge in [-0.1, -0.05) is 13.8 Å². The SMILES string of the molecule is Cc1nc(NC(=O)c2cc(CC(C)C)[nH]n2)n(C)n1. The van der Waals surface area contributed by atoms with Crippen LogP contribution in [0.15, 0.2) is 6.07 Å². The highest BCUT2D eigenvalue weighted by molar-refractivity contribution is 6.01. The Balaban J connectivity index is 2.07. The van der Waals surface area contributed by atoms with E-state index in [1.807, 2.05) is 0 Å². The van der Waals surface area contributed by atoms with Crippen LogP contribution in [-0.4, -0.2) is 30.9 Å². The molecule has 0 spiro atoms. The number of nitrogens with zero attached hydrogens (tertiary/aromatic N) is 4. The van der Waals surface area contributed by atoms with Gasteiger partial charge in [-0.15, -0.1) is 0 Å². The Labute approximate surface area is 111 Å². The highest BCUT2D eigenvalue weighted by Crippen LogP contribution is 2.09. The molecule has 7 nitrogen and oxygen atoms in total. The molecule has 19 heavy (non-hydrogen) atoms. The summed E-state index contributed by atoms with van der Waals surface area (Å²) in [5.74, 6) is 1.25. The van der Waals surface area contributed by atoms with Crippen molar-refractivity contribution in [2.75, 3.05) is 5.32 Å². The van der Waals surface area contributed by atoms with E-state index >= 15 is 0 Å². The fourth-order valence-electron chi connectivity index (χ4n) is 1.81. The average molecular weight is 262 g/mol. The van der Waals surface area contributed by atoms with Gasteiger partial charge in [0.2, 0.25) is 5.95 Å². The van der Waals surface area contributed by atoms with E-state index in [-0.39, 0.29) is 5.91 Å². The van der Waals surface area contributed by atoms with Crippen molar-refractivity contribution in [2.24, 2.45) is 13.0 Å². The highest BCUT2D eigenvalue weighted by atomic mass is 16.2. The van der Waals surface area contributed by atoms with Gasteiger partial charge in [-0.05, 0) is 25.3 Å². The molecule has 0 bridgehead atoms. The second-order valence-electron chi connectivity index (χ2n) is 4.94. The minimum Gasteiger partial charge on any atom is -0.289 e. The Bertz CT molecular complexity index is 583. The quantitative estimate of drug-likeness (QED) is 0.869. The number of anilines is 1. The minimum absolute atomic E-state index is 0.290. The summed E-state index contributed by atoms with van der Waals surface area (Å²) in [6.07, 6.45) is 0.864. The number of hydrogen-bond acceptors (Lipinski definition) is 4.